The topological polar surface area (TPSA) is 38.3 Å². The van der Waals surface area contributed by atoms with Crippen molar-refractivity contribution < 1.29 is 8.95 Å². The molecule has 4 heteroatoms. The Kier molecular flexibility index (Phi) is 5.79. The lowest BCUT2D eigenvalue weighted by Gasteiger charge is -2.26. The molecule has 3 nitrogen and oxygen atoms in total. The van der Waals surface area contributed by atoms with Crippen LogP contribution < -0.4 is 5.32 Å². The maximum absolute atomic E-state index is 11.1. The summed E-state index contributed by atoms with van der Waals surface area (Å²) in [5.41, 5.74) is 0. The highest BCUT2D eigenvalue weighted by molar-refractivity contribution is 7.84. The third-order valence-electron chi connectivity index (χ3n) is 2.96. The molecular formula is C11H23NO2S. The molecule has 0 aromatic heterocycles. The van der Waals surface area contributed by atoms with Gasteiger partial charge >= 0.3 is 0 Å². The van der Waals surface area contributed by atoms with Gasteiger partial charge in [-0.15, -0.1) is 0 Å². The highest BCUT2D eigenvalue weighted by Crippen LogP contribution is 2.19. The van der Waals surface area contributed by atoms with Gasteiger partial charge in [-0.25, -0.2) is 0 Å². The highest BCUT2D eigenvalue weighted by atomic mass is 32.2. The lowest BCUT2D eigenvalue weighted by molar-refractivity contribution is 0.174. The van der Waals surface area contributed by atoms with Gasteiger partial charge in [-0.2, -0.15) is 0 Å². The van der Waals surface area contributed by atoms with Gasteiger partial charge in [0.05, 0.1) is 6.61 Å². The first-order chi connectivity index (χ1) is 7.13. The van der Waals surface area contributed by atoms with Gasteiger partial charge in [-0.1, -0.05) is 6.92 Å². The van der Waals surface area contributed by atoms with Crippen LogP contribution in [0.1, 0.15) is 26.7 Å². The first-order valence-corrected chi connectivity index (χ1v) is 7.50. The normalized spacial score (nSPS) is 27.5. The van der Waals surface area contributed by atoms with Gasteiger partial charge in [0.15, 0.2) is 0 Å². The molecule has 0 saturated carbocycles. The Labute approximate surface area is 95.4 Å². The second kappa shape index (κ2) is 6.61. The Bertz CT molecular complexity index is 205. The number of hydrogen-bond donors (Lipinski definition) is 1. The zero-order chi connectivity index (χ0) is 11.3. The summed E-state index contributed by atoms with van der Waals surface area (Å²) in [5, 5.41) is 3.57. The Balaban J connectivity index is 2.34. The highest BCUT2D eigenvalue weighted by Gasteiger charge is 2.25. The van der Waals surface area contributed by atoms with Crippen LogP contribution in [0.2, 0.25) is 0 Å². The largest absolute Gasteiger partial charge is 0.381 e. The lowest BCUT2D eigenvalue weighted by Crippen LogP contribution is -2.43. The van der Waals surface area contributed by atoms with Crippen LogP contribution >= 0.6 is 0 Å². The number of nitrogens with one attached hydrogen (secondary N) is 1. The summed E-state index contributed by atoms with van der Waals surface area (Å²) in [7, 11) is -0.709. The third-order valence-corrected chi connectivity index (χ3v) is 3.93. The first-order valence-electron chi connectivity index (χ1n) is 5.77. The van der Waals surface area contributed by atoms with E-state index in [1.54, 1.807) is 6.26 Å². The predicted octanol–water partition coefficient (Wildman–Crippen LogP) is 1.16. The van der Waals surface area contributed by atoms with Crippen molar-refractivity contribution in [3.05, 3.63) is 0 Å². The van der Waals surface area contributed by atoms with E-state index < -0.39 is 10.8 Å². The van der Waals surface area contributed by atoms with Crippen LogP contribution in [-0.4, -0.2) is 41.5 Å². The van der Waals surface area contributed by atoms with Crippen LogP contribution in [0.4, 0.5) is 0 Å². The summed E-state index contributed by atoms with van der Waals surface area (Å²) in [4.78, 5) is 0. The third kappa shape index (κ3) is 4.62. The summed E-state index contributed by atoms with van der Waals surface area (Å²) >= 11 is 0. The van der Waals surface area contributed by atoms with E-state index in [0.29, 0.717) is 18.0 Å². The summed E-state index contributed by atoms with van der Waals surface area (Å²) in [6.45, 7) is 6.09. The van der Waals surface area contributed by atoms with Crippen LogP contribution in [0.3, 0.4) is 0 Å². The van der Waals surface area contributed by atoms with Gasteiger partial charge in [0.1, 0.15) is 0 Å². The van der Waals surface area contributed by atoms with Crippen LogP contribution in [0.25, 0.3) is 0 Å². The van der Waals surface area contributed by atoms with Gasteiger partial charge in [0.2, 0.25) is 0 Å². The zero-order valence-electron chi connectivity index (χ0n) is 9.99. The molecule has 0 aromatic rings. The predicted molar refractivity (Wildman–Crippen MR) is 64.5 cm³/mol. The van der Waals surface area contributed by atoms with Gasteiger partial charge in [0, 0.05) is 41.5 Å². The molecule has 1 aliphatic heterocycles. The van der Waals surface area contributed by atoms with Crippen molar-refractivity contribution in [2.75, 3.05) is 25.2 Å². The van der Waals surface area contributed by atoms with Crippen LogP contribution in [0.15, 0.2) is 0 Å². The van der Waals surface area contributed by atoms with E-state index >= 15 is 0 Å². The zero-order valence-corrected chi connectivity index (χ0v) is 10.8. The minimum absolute atomic E-state index is 0.335. The van der Waals surface area contributed by atoms with Crippen molar-refractivity contribution in [3.63, 3.8) is 0 Å². The maximum Gasteiger partial charge on any atom is 0.0510 e. The molecule has 1 saturated heterocycles. The number of hydrogen-bond acceptors (Lipinski definition) is 3. The van der Waals surface area contributed by atoms with Crippen molar-refractivity contribution in [1.82, 2.24) is 5.32 Å². The summed E-state index contributed by atoms with van der Waals surface area (Å²) in [6, 6.07) is 0.854. The molecular weight excluding hydrogens is 210 g/mol. The fraction of sp³-hybridized carbons (Fsp3) is 1.00. The molecule has 0 radical (unpaired) electrons. The van der Waals surface area contributed by atoms with Gasteiger partial charge in [-0.3, -0.25) is 4.21 Å². The Hall–Kier alpha value is 0.0700. The molecule has 1 rings (SSSR count). The van der Waals surface area contributed by atoms with E-state index in [9.17, 15) is 4.21 Å². The van der Waals surface area contributed by atoms with E-state index in [0.717, 1.165) is 31.8 Å². The molecule has 4 atom stereocenters. The molecule has 1 fully saturated rings. The van der Waals surface area contributed by atoms with Gasteiger partial charge < -0.3 is 10.1 Å². The average molecular weight is 233 g/mol. The van der Waals surface area contributed by atoms with E-state index in [1.807, 2.05) is 0 Å². The quantitative estimate of drug-likeness (QED) is 0.748. The van der Waals surface area contributed by atoms with E-state index in [1.165, 1.54) is 0 Å². The van der Waals surface area contributed by atoms with E-state index in [-0.39, 0.29) is 0 Å². The fourth-order valence-corrected chi connectivity index (χ4v) is 3.02. The average Bonchev–Trinajstić information content (AvgIpc) is 2.65. The SMILES string of the molecule is CCC(NC(C)CS(C)=O)C1CCOC1. The lowest BCUT2D eigenvalue weighted by atomic mass is 9.96. The maximum atomic E-state index is 11.1. The summed E-state index contributed by atoms with van der Waals surface area (Å²) < 4.78 is 16.5. The summed E-state index contributed by atoms with van der Waals surface area (Å²) in [6.07, 6.45) is 4.04. The van der Waals surface area contributed by atoms with Crippen molar-refractivity contribution in [3.8, 4) is 0 Å². The molecule has 4 unspecified atom stereocenters. The van der Waals surface area contributed by atoms with Crippen LogP contribution in [-0.2, 0) is 15.5 Å². The van der Waals surface area contributed by atoms with Crippen LogP contribution in [0, 0.1) is 5.92 Å². The molecule has 0 aliphatic carbocycles. The first kappa shape index (κ1) is 13.1. The molecule has 1 N–H and O–H groups in total. The standard InChI is InChI=1S/C11H23NO2S/c1-4-11(10-5-6-14-7-10)12-9(2)8-15(3)13/h9-12H,4-8H2,1-3H3. The molecule has 0 aromatic carbocycles. The Morgan fingerprint density at radius 1 is 1.60 bits per heavy atom. The van der Waals surface area contributed by atoms with Gasteiger partial charge in [-0.05, 0) is 25.7 Å². The monoisotopic (exact) mass is 233 g/mol. The Morgan fingerprint density at radius 3 is 2.80 bits per heavy atom. The number of rotatable bonds is 6. The van der Waals surface area contributed by atoms with Crippen LogP contribution in [0.5, 0.6) is 0 Å². The second-order valence-electron chi connectivity index (χ2n) is 4.45. The van der Waals surface area contributed by atoms with Crippen molar-refractivity contribution >= 4 is 10.8 Å². The van der Waals surface area contributed by atoms with E-state index in [4.69, 9.17) is 4.74 Å². The minimum atomic E-state index is -0.709. The van der Waals surface area contributed by atoms with Gasteiger partial charge in [0.25, 0.3) is 0 Å². The molecule has 0 spiro atoms. The van der Waals surface area contributed by atoms with E-state index in [2.05, 4.69) is 19.2 Å². The number of ether oxygens (including phenoxy) is 1. The molecule has 0 amide bonds. The molecule has 1 heterocycles. The second-order valence-corrected chi connectivity index (χ2v) is 5.93. The van der Waals surface area contributed by atoms with Crippen molar-refractivity contribution in [2.24, 2.45) is 5.92 Å². The molecule has 1 aliphatic rings. The molecule has 0 bridgehead atoms. The minimum Gasteiger partial charge on any atom is -0.381 e. The van der Waals surface area contributed by atoms with Crippen molar-refractivity contribution in [1.29, 1.82) is 0 Å². The Morgan fingerprint density at radius 2 is 2.33 bits per heavy atom. The summed E-state index contributed by atoms with van der Waals surface area (Å²) in [5.74, 6) is 1.38. The fourth-order valence-electron chi connectivity index (χ4n) is 2.22. The molecule has 90 valence electrons. The van der Waals surface area contributed by atoms with Crippen molar-refractivity contribution in [2.45, 2.75) is 38.8 Å². The molecule has 15 heavy (non-hydrogen) atoms. The smallest absolute Gasteiger partial charge is 0.0510 e.